The highest BCUT2D eigenvalue weighted by Crippen LogP contribution is 2.28. The van der Waals surface area contributed by atoms with Crippen molar-refractivity contribution in [2.24, 2.45) is 11.8 Å². The van der Waals surface area contributed by atoms with Crippen LogP contribution in [0.4, 0.5) is 0 Å². The number of aliphatic carboxylic acids is 1. The summed E-state index contributed by atoms with van der Waals surface area (Å²) >= 11 is 0. The lowest BCUT2D eigenvalue weighted by molar-refractivity contribution is -0.143. The molecule has 0 aliphatic heterocycles. The Labute approximate surface area is 118 Å². The van der Waals surface area contributed by atoms with Gasteiger partial charge in [-0.05, 0) is 49.3 Å². The van der Waals surface area contributed by atoms with Crippen LogP contribution in [0.3, 0.4) is 0 Å². The van der Waals surface area contributed by atoms with Gasteiger partial charge in [0.2, 0.25) is 5.91 Å². The number of aromatic nitrogens is 1. The van der Waals surface area contributed by atoms with E-state index in [9.17, 15) is 9.59 Å². The van der Waals surface area contributed by atoms with Crippen LogP contribution in [0, 0.1) is 11.8 Å². The van der Waals surface area contributed by atoms with Crippen LogP contribution in [0.25, 0.3) is 0 Å². The number of carboxylic acid groups (broad SMARTS) is 1. The Morgan fingerprint density at radius 3 is 2.45 bits per heavy atom. The summed E-state index contributed by atoms with van der Waals surface area (Å²) in [5.74, 6) is -0.465. The highest BCUT2D eigenvalue weighted by molar-refractivity contribution is 5.78. The monoisotopic (exact) mass is 276 g/mol. The van der Waals surface area contributed by atoms with Crippen molar-refractivity contribution in [2.75, 3.05) is 6.54 Å². The molecule has 0 atom stereocenters. The van der Waals surface area contributed by atoms with E-state index in [-0.39, 0.29) is 11.8 Å². The highest BCUT2D eigenvalue weighted by atomic mass is 16.4. The molecule has 1 aromatic heterocycles. The van der Waals surface area contributed by atoms with Gasteiger partial charge in [0, 0.05) is 18.9 Å². The molecule has 2 rings (SSSR count). The largest absolute Gasteiger partial charge is 0.481 e. The van der Waals surface area contributed by atoms with Gasteiger partial charge < -0.3 is 10.4 Å². The SMILES string of the molecule is O=C(Cc1ccncc1)NCC1CCC(C(=O)O)CC1. The molecule has 2 N–H and O–H groups in total. The molecule has 0 spiro atoms. The summed E-state index contributed by atoms with van der Waals surface area (Å²) in [6.45, 7) is 0.649. The molecular formula is C15H20N2O3. The minimum Gasteiger partial charge on any atom is -0.481 e. The summed E-state index contributed by atoms with van der Waals surface area (Å²) in [5.41, 5.74) is 0.951. The zero-order valence-electron chi connectivity index (χ0n) is 11.4. The third-order valence-corrected chi connectivity index (χ3v) is 3.90. The first-order valence-corrected chi connectivity index (χ1v) is 7.03. The third kappa shape index (κ3) is 4.33. The van der Waals surface area contributed by atoms with Crippen molar-refractivity contribution in [3.8, 4) is 0 Å². The quantitative estimate of drug-likeness (QED) is 0.856. The standard InChI is InChI=1S/C15H20N2O3/c18-14(9-11-5-7-16-8-6-11)17-10-12-1-3-13(4-2-12)15(19)20/h5-8,12-13H,1-4,9-10H2,(H,17,18)(H,19,20). The number of nitrogens with zero attached hydrogens (tertiary/aromatic N) is 1. The molecule has 1 amide bonds. The van der Waals surface area contributed by atoms with Gasteiger partial charge >= 0.3 is 5.97 Å². The van der Waals surface area contributed by atoms with Crippen LogP contribution in [-0.4, -0.2) is 28.5 Å². The average molecular weight is 276 g/mol. The lowest BCUT2D eigenvalue weighted by atomic mass is 9.82. The minimum absolute atomic E-state index is 0.0107. The lowest BCUT2D eigenvalue weighted by Crippen LogP contribution is -2.33. The van der Waals surface area contributed by atoms with Gasteiger partial charge in [-0.3, -0.25) is 14.6 Å². The Bertz CT molecular complexity index is 453. The molecule has 1 fully saturated rings. The van der Waals surface area contributed by atoms with Crippen molar-refractivity contribution in [3.05, 3.63) is 30.1 Å². The molecule has 1 aliphatic rings. The molecule has 1 aromatic rings. The van der Waals surface area contributed by atoms with Crippen LogP contribution in [0.5, 0.6) is 0 Å². The number of hydrogen-bond donors (Lipinski definition) is 2. The van der Waals surface area contributed by atoms with Crippen molar-refractivity contribution in [2.45, 2.75) is 32.1 Å². The van der Waals surface area contributed by atoms with Crippen LogP contribution < -0.4 is 5.32 Å². The summed E-state index contributed by atoms with van der Waals surface area (Å²) in [6, 6.07) is 3.66. The highest BCUT2D eigenvalue weighted by Gasteiger charge is 2.25. The number of carbonyl (C=O) groups is 2. The molecule has 0 bridgehead atoms. The second-order valence-electron chi connectivity index (χ2n) is 5.39. The van der Waals surface area contributed by atoms with E-state index in [1.807, 2.05) is 12.1 Å². The van der Waals surface area contributed by atoms with Crippen LogP contribution in [0.2, 0.25) is 0 Å². The van der Waals surface area contributed by atoms with E-state index >= 15 is 0 Å². The van der Waals surface area contributed by atoms with Crippen molar-refractivity contribution in [3.63, 3.8) is 0 Å². The fourth-order valence-electron chi connectivity index (χ4n) is 2.62. The second kappa shape index (κ2) is 7.03. The van der Waals surface area contributed by atoms with E-state index in [0.29, 0.717) is 18.9 Å². The number of amides is 1. The van der Waals surface area contributed by atoms with Gasteiger partial charge in [0.25, 0.3) is 0 Å². The Hall–Kier alpha value is -1.91. The summed E-state index contributed by atoms with van der Waals surface area (Å²) in [7, 11) is 0. The summed E-state index contributed by atoms with van der Waals surface area (Å²) in [4.78, 5) is 26.6. The molecule has 0 radical (unpaired) electrons. The van der Waals surface area contributed by atoms with E-state index in [1.165, 1.54) is 0 Å². The molecular weight excluding hydrogens is 256 g/mol. The van der Waals surface area contributed by atoms with Crippen molar-refractivity contribution in [1.82, 2.24) is 10.3 Å². The van der Waals surface area contributed by atoms with E-state index in [4.69, 9.17) is 5.11 Å². The van der Waals surface area contributed by atoms with Crippen LogP contribution >= 0.6 is 0 Å². The lowest BCUT2D eigenvalue weighted by Gasteiger charge is -2.26. The summed E-state index contributed by atoms with van der Waals surface area (Å²) < 4.78 is 0. The van der Waals surface area contributed by atoms with Gasteiger partial charge in [0.15, 0.2) is 0 Å². The average Bonchev–Trinajstić information content (AvgIpc) is 2.46. The number of carboxylic acids is 1. The summed E-state index contributed by atoms with van der Waals surface area (Å²) in [5, 5.41) is 11.9. The second-order valence-corrected chi connectivity index (χ2v) is 5.39. The van der Waals surface area contributed by atoms with E-state index in [0.717, 1.165) is 31.2 Å². The van der Waals surface area contributed by atoms with Crippen molar-refractivity contribution < 1.29 is 14.7 Å². The van der Waals surface area contributed by atoms with Crippen molar-refractivity contribution >= 4 is 11.9 Å². The Kier molecular flexibility index (Phi) is 5.09. The fourth-order valence-corrected chi connectivity index (χ4v) is 2.62. The number of pyridine rings is 1. The first-order valence-electron chi connectivity index (χ1n) is 7.03. The predicted molar refractivity (Wildman–Crippen MR) is 74.0 cm³/mol. The Morgan fingerprint density at radius 2 is 1.85 bits per heavy atom. The molecule has 0 aromatic carbocycles. The van der Waals surface area contributed by atoms with Crippen molar-refractivity contribution in [1.29, 1.82) is 0 Å². The van der Waals surface area contributed by atoms with E-state index in [2.05, 4.69) is 10.3 Å². The van der Waals surface area contributed by atoms with Gasteiger partial charge in [-0.2, -0.15) is 0 Å². The normalized spacial score (nSPS) is 22.2. The maximum absolute atomic E-state index is 11.8. The number of rotatable bonds is 5. The summed E-state index contributed by atoms with van der Waals surface area (Å²) in [6.07, 6.45) is 6.93. The maximum atomic E-state index is 11.8. The van der Waals surface area contributed by atoms with Gasteiger partial charge in [-0.1, -0.05) is 0 Å². The molecule has 1 saturated carbocycles. The molecule has 5 nitrogen and oxygen atoms in total. The minimum atomic E-state index is -0.690. The zero-order chi connectivity index (χ0) is 14.4. The molecule has 20 heavy (non-hydrogen) atoms. The molecule has 5 heteroatoms. The molecule has 0 unspecified atom stereocenters. The van der Waals surface area contributed by atoms with E-state index < -0.39 is 5.97 Å². The number of nitrogens with one attached hydrogen (secondary N) is 1. The zero-order valence-corrected chi connectivity index (χ0v) is 11.4. The van der Waals surface area contributed by atoms with Gasteiger partial charge in [-0.25, -0.2) is 0 Å². The maximum Gasteiger partial charge on any atom is 0.306 e. The van der Waals surface area contributed by atoms with Crippen LogP contribution in [0.1, 0.15) is 31.2 Å². The van der Waals surface area contributed by atoms with E-state index in [1.54, 1.807) is 12.4 Å². The van der Waals surface area contributed by atoms with Crippen LogP contribution in [0.15, 0.2) is 24.5 Å². The Morgan fingerprint density at radius 1 is 1.20 bits per heavy atom. The Balaban J connectivity index is 1.68. The molecule has 1 aliphatic carbocycles. The third-order valence-electron chi connectivity index (χ3n) is 3.90. The molecule has 108 valence electrons. The first kappa shape index (κ1) is 14.5. The number of carbonyl (C=O) groups excluding carboxylic acids is 1. The molecule has 0 saturated heterocycles. The van der Waals surface area contributed by atoms with Gasteiger partial charge in [0.1, 0.15) is 0 Å². The smallest absolute Gasteiger partial charge is 0.306 e. The number of hydrogen-bond acceptors (Lipinski definition) is 3. The predicted octanol–water partition coefficient (Wildman–Crippen LogP) is 1.63. The molecule has 1 heterocycles. The van der Waals surface area contributed by atoms with Crippen LogP contribution in [-0.2, 0) is 16.0 Å². The first-order chi connectivity index (χ1) is 9.65. The topological polar surface area (TPSA) is 79.3 Å². The van der Waals surface area contributed by atoms with Gasteiger partial charge in [-0.15, -0.1) is 0 Å². The fraction of sp³-hybridized carbons (Fsp3) is 0.533. The van der Waals surface area contributed by atoms with Gasteiger partial charge in [0.05, 0.1) is 12.3 Å².